The van der Waals surface area contributed by atoms with Gasteiger partial charge in [0.05, 0.1) is 12.9 Å². The quantitative estimate of drug-likeness (QED) is 0.103. The first-order valence-electron chi connectivity index (χ1n) is 14.8. The molecule has 3 heterocycles. The van der Waals surface area contributed by atoms with Crippen LogP contribution >= 0.6 is 0 Å². The fourth-order valence-corrected chi connectivity index (χ4v) is 5.23. The number of rotatable bonds is 17. The van der Waals surface area contributed by atoms with Crippen molar-refractivity contribution in [2.24, 2.45) is 5.92 Å². The van der Waals surface area contributed by atoms with Crippen LogP contribution in [0.15, 0.2) is 6.33 Å². The van der Waals surface area contributed by atoms with Gasteiger partial charge in [-0.15, -0.1) is 6.42 Å². The first-order valence-corrected chi connectivity index (χ1v) is 14.8. The van der Waals surface area contributed by atoms with Crippen molar-refractivity contribution in [2.75, 3.05) is 11.9 Å². The molecule has 220 valence electrons. The molecule has 9 nitrogen and oxygen atoms in total. The molecule has 0 bridgehead atoms. The van der Waals surface area contributed by atoms with E-state index >= 15 is 0 Å². The van der Waals surface area contributed by atoms with Crippen LogP contribution < -0.4 is 5.32 Å². The fraction of sp³-hybridized carbons (Fsp3) is 0.700. The van der Waals surface area contributed by atoms with Crippen molar-refractivity contribution in [2.45, 2.75) is 122 Å². The third kappa shape index (κ3) is 8.47. The van der Waals surface area contributed by atoms with Gasteiger partial charge in [0, 0.05) is 18.8 Å². The van der Waals surface area contributed by atoms with Gasteiger partial charge in [0.1, 0.15) is 11.8 Å². The second-order valence-electron chi connectivity index (χ2n) is 10.7. The number of hydrogen-bond donors (Lipinski definition) is 1. The molecule has 3 rings (SSSR count). The predicted molar refractivity (Wildman–Crippen MR) is 152 cm³/mol. The molecular formula is C30H44FN5O4. The Kier molecular flexibility index (Phi) is 12.3. The number of carbonyl (C=O) groups is 2. The zero-order chi connectivity index (χ0) is 29.0. The number of terminal acetylenes is 1. The maximum atomic E-state index is 14.3. The molecule has 1 N–H and O–H groups in total. The molecule has 1 amide bonds. The number of imidazole rings is 1. The zero-order valence-corrected chi connectivity index (χ0v) is 24.2. The monoisotopic (exact) mass is 557 g/mol. The van der Waals surface area contributed by atoms with Crippen molar-refractivity contribution in [3.8, 4) is 12.3 Å². The highest BCUT2D eigenvalue weighted by atomic mass is 19.1. The van der Waals surface area contributed by atoms with Crippen LogP contribution in [0.25, 0.3) is 11.2 Å². The molecule has 2 aromatic rings. The summed E-state index contributed by atoms with van der Waals surface area (Å²) in [7, 11) is 0. The van der Waals surface area contributed by atoms with Gasteiger partial charge in [-0.1, -0.05) is 78.1 Å². The summed E-state index contributed by atoms with van der Waals surface area (Å²) in [5.41, 5.74) is -0.233. The average Bonchev–Trinajstić information content (AvgIpc) is 3.51. The molecule has 0 spiro atoms. The Morgan fingerprint density at radius 1 is 1.12 bits per heavy atom. The Morgan fingerprint density at radius 3 is 2.48 bits per heavy atom. The number of fused-ring (bicyclic) bond motifs is 1. The van der Waals surface area contributed by atoms with Crippen molar-refractivity contribution in [1.82, 2.24) is 19.5 Å². The molecular weight excluding hydrogens is 513 g/mol. The fourth-order valence-electron chi connectivity index (χ4n) is 5.23. The molecule has 0 aromatic carbocycles. The molecule has 2 aromatic heterocycles. The van der Waals surface area contributed by atoms with E-state index in [1.54, 1.807) is 4.57 Å². The summed E-state index contributed by atoms with van der Waals surface area (Å²) >= 11 is 0. The number of ether oxygens (including phenoxy) is 2. The average molecular weight is 558 g/mol. The number of nitrogens with zero attached hydrogens (tertiary/aromatic N) is 4. The molecule has 10 heteroatoms. The summed E-state index contributed by atoms with van der Waals surface area (Å²) in [4.78, 5) is 36.5. The lowest BCUT2D eigenvalue weighted by Crippen LogP contribution is -2.31. The lowest BCUT2D eigenvalue weighted by Gasteiger charge is -2.25. The largest absolute Gasteiger partial charge is 0.466 e. The molecule has 0 saturated carbocycles. The van der Waals surface area contributed by atoms with Crippen molar-refractivity contribution >= 4 is 28.9 Å². The van der Waals surface area contributed by atoms with Gasteiger partial charge in [0.2, 0.25) is 5.91 Å². The molecule has 1 aliphatic heterocycles. The first kappa shape index (κ1) is 31.5. The molecule has 0 unspecified atom stereocenters. The Hall–Kier alpha value is -3.06. The Morgan fingerprint density at radius 2 is 1.82 bits per heavy atom. The van der Waals surface area contributed by atoms with E-state index in [0.29, 0.717) is 25.7 Å². The van der Waals surface area contributed by atoms with Crippen LogP contribution in [0.4, 0.5) is 10.2 Å². The van der Waals surface area contributed by atoms with Crippen molar-refractivity contribution in [3.05, 3.63) is 12.4 Å². The lowest BCUT2D eigenvalue weighted by molar-refractivity contribution is -0.144. The topological polar surface area (TPSA) is 108 Å². The Bertz CT molecular complexity index is 1160. The van der Waals surface area contributed by atoms with Crippen LogP contribution in [0, 0.1) is 24.3 Å². The number of unbranched alkanes of at least 4 members (excludes halogenated alkanes) is 8. The highest BCUT2D eigenvalue weighted by molar-refractivity contribution is 5.96. The second kappa shape index (κ2) is 15.7. The van der Waals surface area contributed by atoms with E-state index in [9.17, 15) is 14.0 Å². The van der Waals surface area contributed by atoms with E-state index < -0.39 is 17.9 Å². The van der Waals surface area contributed by atoms with E-state index in [-0.39, 0.29) is 47.8 Å². The Balaban J connectivity index is 1.41. The van der Waals surface area contributed by atoms with Crippen LogP contribution in [-0.4, -0.2) is 43.6 Å². The summed E-state index contributed by atoms with van der Waals surface area (Å²) < 4.78 is 27.4. The normalized spacial score (nSPS) is 20.5. The SMILES string of the molecule is C#C[C@]1(CC)O[C@@H](n2cnc3c(NC(=O)CCCOC(=O)CCCCCCCCCCC)nc(F)nc32)C[C@@H]1C. The van der Waals surface area contributed by atoms with Crippen LogP contribution in [0.1, 0.15) is 117 Å². The number of hydrogen-bond acceptors (Lipinski definition) is 7. The van der Waals surface area contributed by atoms with Crippen LogP contribution in [0.2, 0.25) is 0 Å². The molecule has 1 saturated heterocycles. The number of carbonyl (C=O) groups excluding carboxylic acids is 2. The minimum atomic E-state index is -0.986. The standard InChI is InChI=1S/C30H44FN5O4/c1-5-8-9-10-11-12-13-14-15-18-25(38)39-19-16-17-23(37)33-27-26-28(35-29(31)34-27)36(21-32-26)24-20-22(4)30(6-2,7-3)40-24/h2,21-22,24H,5,7-20H2,1,3-4H3,(H,33,34,35,37)/t22-,24+,30+/m0/s1. The van der Waals surface area contributed by atoms with Crippen LogP contribution in [-0.2, 0) is 19.1 Å². The van der Waals surface area contributed by atoms with Gasteiger partial charge in [0.15, 0.2) is 17.0 Å². The zero-order valence-electron chi connectivity index (χ0n) is 24.2. The molecule has 1 aliphatic rings. The number of halogens is 1. The molecule has 3 atom stereocenters. The van der Waals surface area contributed by atoms with Gasteiger partial charge in [0.25, 0.3) is 0 Å². The smallest absolute Gasteiger partial charge is 0.312 e. The predicted octanol–water partition coefficient (Wildman–Crippen LogP) is 6.49. The van der Waals surface area contributed by atoms with E-state index in [0.717, 1.165) is 19.3 Å². The highest BCUT2D eigenvalue weighted by Gasteiger charge is 2.45. The van der Waals surface area contributed by atoms with Crippen molar-refractivity contribution < 1.29 is 23.5 Å². The van der Waals surface area contributed by atoms with Crippen LogP contribution in [0.3, 0.4) is 0 Å². The van der Waals surface area contributed by atoms with Gasteiger partial charge in [-0.05, 0) is 25.7 Å². The van der Waals surface area contributed by atoms with Crippen LogP contribution in [0.5, 0.6) is 0 Å². The molecule has 1 fully saturated rings. The Labute approximate surface area is 237 Å². The van der Waals surface area contributed by atoms with Crippen molar-refractivity contribution in [1.29, 1.82) is 0 Å². The maximum Gasteiger partial charge on any atom is 0.312 e. The molecule has 40 heavy (non-hydrogen) atoms. The summed E-state index contributed by atoms with van der Waals surface area (Å²) in [6.45, 7) is 6.36. The number of amides is 1. The summed E-state index contributed by atoms with van der Waals surface area (Å²) in [6, 6.07) is 0. The number of aromatic nitrogens is 4. The van der Waals surface area contributed by atoms with E-state index in [2.05, 4.69) is 33.1 Å². The van der Waals surface area contributed by atoms with E-state index in [4.69, 9.17) is 15.9 Å². The minimum Gasteiger partial charge on any atom is -0.466 e. The summed E-state index contributed by atoms with van der Waals surface area (Å²) in [5, 5.41) is 2.62. The lowest BCUT2D eigenvalue weighted by atomic mass is 9.87. The van der Waals surface area contributed by atoms with Gasteiger partial charge < -0.3 is 14.8 Å². The van der Waals surface area contributed by atoms with Gasteiger partial charge in [-0.2, -0.15) is 14.4 Å². The number of nitrogens with one attached hydrogen (secondary N) is 1. The molecule has 0 radical (unpaired) electrons. The van der Waals surface area contributed by atoms with Gasteiger partial charge in [-0.3, -0.25) is 14.2 Å². The third-order valence-electron chi connectivity index (χ3n) is 7.73. The first-order chi connectivity index (χ1) is 19.3. The number of esters is 1. The second-order valence-corrected chi connectivity index (χ2v) is 10.7. The van der Waals surface area contributed by atoms with Gasteiger partial charge >= 0.3 is 12.0 Å². The minimum absolute atomic E-state index is 0.0154. The highest BCUT2D eigenvalue weighted by Crippen LogP contribution is 2.43. The van der Waals surface area contributed by atoms with E-state index in [1.807, 2.05) is 13.8 Å². The van der Waals surface area contributed by atoms with E-state index in [1.165, 1.54) is 44.9 Å². The number of anilines is 1. The molecule has 0 aliphatic carbocycles. The summed E-state index contributed by atoms with van der Waals surface area (Å²) in [6.07, 6.45) is 18.6. The van der Waals surface area contributed by atoms with Gasteiger partial charge in [-0.25, -0.2) is 4.98 Å². The summed E-state index contributed by atoms with van der Waals surface area (Å²) in [5.74, 6) is 2.22. The van der Waals surface area contributed by atoms with Crippen molar-refractivity contribution in [3.63, 3.8) is 0 Å². The third-order valence-corrected chi connectivity index (χ3v) is 7.73. The maximum absolute atomic E-state index is 14.3.